The molecule has 7 nitrogen and oxygen atoms in total. The predicted octanol–water partition coefficient (Wildman–Crippen LogP) is 4.19. The van der Waals surface area contributed by atoms with Gasteiger partial charge in [0.2, 0.25) is 0 Å². The van der Waals surface area contributed by atoms with Crippen molar-refractivity contribution in [1.29, 1.82) is 0 Å². The lowest BCUT2D eigenvalue weighted by molar-refractivity contribution is -0.931. The molecule has 0 aliphatic rings. The van der Waals surface area contributed by atoms with Crippen LogP contribution in [0.15, 0.2) is 12.7 Å². The molecule has 2 N–H and O–H groups in total. The maximum Gasteiger partial charge on any atom is 0.470 e. The molecule has 0 amide bonds. The van der Waals surface area contributed by atoms with E-state index in [9.17, 15) is 19.1 Å². The predicted molar refractivity (Wildman–Crippen MR) is 112 cm³/mol. The summed E-state index contributed by atoms with van der Waals surface area (Å²) in [5.41, 5.74) is 0. The van der Waals surface area contributed by atoms with Gasteiger partial charge in [0, 0.05) is 6.08 Å². The van der Waals surface area contributed by atoms with Gasteiger partial charge in [-0.2, -0.15) is 0 Å². The third-order valence-corrected chi connectivity index (χ3v) is 5.49. The first-order valence-electron chi connectivity index (χ1n) is 10.6. The largest absolute Gasteiger partial charge is 0.470 e. The molecular weight excluding hydrogens is 381 g/mol. The molecule has 0 bridgehead atoms. The van der Waals surface area contributed by atoms with Crippen molar-refractivity contribution in [2.75, 3.05) is 32.8 Å². The fourth-order valence-electron chi connectivity index (χ4n) is 3.44. The fraction of sp³-hybridized carbons (Fsp3) is 0.850. The Bertz CT molecular complexity index is 458. The van der Waals surface area contributed by atoms with Crippen molar-refractivity contribution in [2.24, 2.45) is 0 Å². The van der Waals surface area contributed by atoms with Crippen LogP contribution < -0.4 is 0 Å². The van der Waals surface area contributed by atoms with Crippen molar-refractivity contribution in [1.82, 2.24) is 0 Å². The molecule has 0 spiro atoms. The zero-order valence-electron chi connectivity index (χ0n) is 18.0. The lowest BCUT2D eigenvalue weighted by Crippen LogP contribution is -2.54. The first kappa shape index (κ1) is 27.3. The topological polar surface area (TPSA) is 93.1 Å². The van der Waals surface area contributed by atoms with Crippen LogP contribution in [0, 0.1) is 0 Å². The van der Waals surface area contributed by atoms with Gasteiger partial charge >= 0.3 is 13.8 Å². The number of phosphoric ester groups is 1. The maximum absolute atomic E-state index is 11.5. The second-order valence-corrected chi connectivity index (χ2v) is 8.68. The van der Waals surface area contributed by atoms with E-state index in [-0.39, 0.29) is 6.61 Å². The molecular formula is C20H41NO6P+. The zero-order valence-corrected chi connectivity index (χ0v) is 18.9. The van der Waals surface area contributed by atoms with Crippen LogP contribution in [-0.4, -0.2) is 59.1 Å². The third-order valence-electron chi connectivity index (χ3n) is 4.92. The number of carbonyl (C=O) groups is 1. The van der Waals surface area contributed by atoms with Crippen molar-refractivity contribution in [3.05, 3.63) is 12.7 Å². The lowest BCUT2D eigenvalue weighted by atomic mass is 10.1. The van der Waals surface area contributed by atoms with E-state index in [4.69, 9.17) is 9.26 Å². The summed E-state index contributed by atoms with van der Waals surface area (Å²) >= 11 is 0. The van der Waals surface area contributed by atoms with Crippen molar-refractivity contribution in [2.45, 2.75) is 78.2 Å². The van der Waals surface area contributed by atoms with Gasteiger partial charge in [-0.15, -0.1) is 0 Å². The standard InChI is InChI=1S/C20H40NO6P/c1-5-9-14-21(15-10-6-2,16-11-7-3)18-19(27-28(23,24)25)13-12-17-26-20(22)8-4/h8,19H,4-7,9-18H2,1-3H3,(H-,23,24,25)/p+1. The lowest BCUT2D eigenvalue weighted by Gasteiger charge is -2.41. The number of quaternary nitrogens is 1. The molecule has 28 heavy (non-hydrogen) atoms. The molecule has 0 aromatic carbocycles. The van der Waals surface area contributed by atoms with Crippen LogP contribution in [0.4, 0.5) is 0 Å². The van der Waals surface area contributed by atoms with Gasteiger partial charge in [0.05, 0.1) is 26.2 Å². The van der Waals surface area contributed by atoms with E-state index in [0.29, 0.717) is 19.4 Å². The summed E-state index contributed by atoms with van der Waals surface area (Å²) in [6.45, 7) is 13.6. The van der Waals surface area contributed by atoms with Crippen molar-refractivity contribution < 1.29 is 32.9 Å². The zero-order chi connectivity index (χ0) is 21.5. The Labute approximate surface area is 170 Å². The second-order valence-electron chi connectivity index (χ2n) is 7.49. The Kier molecular flexibility index (Phi) is 14.8. The second kappa shape index (κ2) is 15.2. The van der Waals surface area contributed by atoms with E-state index in [2.05, 4.69) is 27.4 Å². The Morgan fingerprint density at radius 3 is 1.93 bits per heavy atom. The van der Waals surface area contributed by atoms with Gasteiger partial charge in [-0.1, -0.05) is 46.6 Å². The molecule has 0 aromatic rings. The van der Waals surface area contributed by atoms with Crippen LogP contribution in [0.3, 0.4) is 0 Å². The summed E-state index contributed by atoms with van der Waals surface area (Å²) < 4.78 is 22.5. The van der Waals surface area contributed by atoms with E-state index >= 15 is 0 Å². The van der Waals surface area contributed by atoms with E-state index < -0.39 is 19.9 Å². The van der Waals surface area contributed by atoms with E-state index in [0.717, 1.165) is 68.7 Å². The number of rotatable bonds is 18. The van der Waals surface area contributed by atoms with Gasteiger partial charge < -0.3 is 19.0 Å². The number of phosphoric acid groups is 1. The molecule has 8 heteroatoms. The van der Waals surface area contributed by atoms with Crippen molar-refractivity contribution in [3.63, 3.8) is 0 Å². The summed E-state index contributed by atoms with van der Waals surface area (Å²) in [4.78, 5) is 29.9. The van der Waals surface area contributed by atoms with Gasteiger partial charge in [-0.3, -0.25) is 4.52 Å². The average Bonchev–Trinajstić information content (AvgIpc) is 2.64. The number of unbranched alkanes of at least 4 members (excludes halogenated alkanes) is 3. The van der Waals surface area contributed by atoms with Crippen molar-refractivity contribution in [3.8, 4) is 0 Å². The first-order valence-corrected chi connectivity index (χ1v) is 12.1. The van der Waals surface area contributed by atoms with E-state index in [1.54, 1.807) is 0 Å². The number of esters is 1. The third kappa shape index (κ3) is 13.5. The van der Waals surface area contributed by atoms with Gasteiger partial charge in [-0.25, -0.2) is 9.36 Å². The summed E-state index contributed by atoms with van der Waals surface area (Å²) in [6, 6.07) is 0. The van der Waals surface area contributed by atoms with Crippen LogP contribution in [0.5, 0.6) is 0 Å². The molecule has 1 atom stereocenters. The highest BCUT2D eigenvalue weighted by Gasteiger charge is 2.33. The average molecular weight is 423 g/mol. The SMILES string of the molecule is C=CC(=O)OCCCC(C[N+](CCCC)(CCCC)CCCC)OP(=O)(O)O. The minimum atomic E-state index is -4.59. The van der Waals surface area contributed by atoms with Crippen LogP contribution in [0.1, 0.15) is 72.1 Å². The number of hydrogen-bond acceptors (Lipinski definition) is 4. The fourth-order valence-corrected chi connectivity index (χ4v) is 4.00. The molecule has 0 radical (unpaired) electrons. The van der Waals surface area contributed by atoms with Crippen molar-refractivity contribution >= 4 is 13.8 Å². The Balaban J connectivity index is 5.23. The molecule has 0 aliphatic heterocycles. The van der Waals surface area contributed by atoms with Gasteiger partial charge in [0.1, 0.15) is 12.6 Å². The summed E-state index contributed by atoms with van der Waals surface area (Å²) in [5, 5.41) is 0. The van der Waals surface area contributed by atoms with E-state index in [1.807, 2.05) is 0 Å². The normalized spacial score (nSPS) is 13.3. The highest BCUT2D eigenvalue weighted by Crippen LogP contribution is 2.39. The maximum atomic E-state index is 11.5. The molecule has 0 heterocycles. The Morgan fingerprint density at radius 2 is 1.54 bits per heavy atom. The Morgan fingerprint density at radius 1 is 1.04 bits per heavy atom. The number of hydrogen-bond donors (Lipinski definition) is 2. The van der Waals surface area contributed by atoms with Gasteiger partial charge in [0.25, 0.3) is 0 Å². The molecule has 0 aliphatic carbocycles. The minimum Gasteiger partial charge on any atom is -0.463 e. The molecule has 0 aromatic heterocycles. The molecule has 0 rings (SSSR count). The van der Waals surface area contributed by atoms with E-state index in [1.165, 1.54) is 0 Å². The molecule has 166 valence electrons. The minimum absolute atomic E-state index is 0.185. The van der Waals surface area contributed by atoms with Gasteiger partial charge in [-0.05, 0) is 32.1 Å². The molecule has 0 saturated carbocycles. The Hall–Kier alpha value is -0.720. The van der Waals surface area contributed by atoms with Crippen LogP contribution in [0.25, 0.3) is 0 Å². The van der Waals surface area contributed by atoms with Gasteiger partial charge in [0.15, 0.2) is 0 Å². The highest BCUT2D eigenvalue weighted by atomic mass is 31.2. The summed E-state index contributed by atoms with van der Waals surface area (Å²) in [7, 11) is -4.59. The van der Waals surface area contributed by atoms with Crippen LogP contribution in [-0.2, 0) is 18.6 Å². The number of ether oxygens (including phenoxy) is 1. The number of nitrogens with zero attached hydrogens (tertiary/aromatic N) is 1. The monoisotopic (exact) mass is 422 g/mol. The smallest absolute Gasteiger partial charge is 0.463 e. The summed E-state index contributed by atoms with van der Waals surface area (Å²) in [6.07, 6.45) is 7.92. The highest BCUT2D eigenvalue weighted by molar-refractivity contribution is 7.46. The van der Waals surface area contributed by atoms with Crippen LogP contribution >= 0.6 is 7.82 Å². The molecule has 0 fully saturated rings. The molecule has 1 unspecified atom stereocenters. The number of carbonyl (C=O) groups excluding carboxylic acids is 1. The van der Waals surface area contributed by atoms with Crippen LogP contribution in [0.2, 0.25) is 0 Å². The molecule has 0 saturated heterocycles. The quantitative estimate of drug-likeness (QED) is 0.113. The first-order chi connectivity index (χ1) is 13.2. The summed E-state index contributed by atoms with van der Waals surface area (Å²) in [5.74, 6) is -0.494.